The number of benzene rings is 3. The van der Waals surface area contributed by atoms with E-state index in [9.17, 15) is 13.2 Å². The van der Waals surface area contributed by atoms with Crippen molar-refractivity contribution in [1.29, 1.82) is 0 Å². The fourth-order valence-corrected chi connectivity index (χ4v) is 4.74. The van der Waals surface area contributed by atoms with Gasteiger partial charge in [0, 0.05) is 31.5 Å². The number of sulfonamides is 1. The molecule has 1 N–H and O–H groups in total. The lowest BCUT2D eigenvalue weighted by Gasteiger charge is -2.21. The Balaban J connectivity index is 1.84. The molecule has 168 valence electrons. The summed E-state index contributed by atoms with van der Waals surface area (Å²) in [5.41, 5.74) is 2.25. The number of hydrogen-bond donors (Lipinski definition) is 1. The van der Waals surface area contributed by atoms with Crippen LogP contribution in [0.2, 0.25) is 5.02 Å². The first-order valence-electron chi connectivity index (χ1n) is 10.3. The van der Waals surface area contributed by atoms with E-state index >= 15 is 0 Å². The van der Waals surface area contributed by atoms with Crippen LogP contribution in [-0.4, -0.2) is 34.5 Å². The number of hydrogen-bond acceptors (Lipinski definition) is 4. The van der Waals surface area contributed by atoms with E-state index in [1.165, 1.54) is 29.6 Å². The van der Waals surface area contributed by atoms with E-state index in [-0.39, 0.29) is 15.5 Å². The maximum absolute atomic E-state index is 13.1. The molecule has 32 heavy (non-hydrogen) atoms. The zero-order valence-corrected chi connectivity index (χ0v) is 19.8. The smallest absolute Gasteiger partial charge is 0.264 e. The number of carbonyl (C=O) groups is 1. The van der Waals surface area contributed by atoms with Crippen molar-refractivity contribution in [2.75, 3.05) is 34.7 Å². The molecule has 0 radical (unpaired) electrons. The molecule has 0 saturated heterocycles. The molecule has 1 amide bonds. The first-order valence-corrected chi connectivity index (χ1v) is 12.1. The summed E-state index contributed by atoms with van der Waals surface area (Å²) >= 11 is 6.23. The second-order valence-corrected chi connectivity index (χ2v) is 9.50. The van der Waals surface area contributed by atoms with Gasteiger partial charge in [0.25, 0.3) is 15.9 Å². The van der Waals surface area contributed by atoms with Crippen molar-refractivity contribution >= 4 is 44.6 Å². The summed E-state index contributed by atoms with van der Waals surface area (Å²) < 4.78 is 27.3. The average Bonchev–Trinajstić information content (AvgIpc) is 2.81. The normalized spacial score (nSPS) is 11.1. The number of rotatable bonds is 8. The van der Waals surface area contributed by atoms with Crippen LogP contribution in [0.3, 0.4) is 0 Å². The Hall–Kier alpha value is -3.03. The highest BCUT2D eigenvalue weighted by atomic mass is 35.5. The lowest BCUT2D eigenvalue weighted by Crippen LogP contribution is -2.27. The summed E-state index contributed by atoms with van der Waals surface area (Å²) in [5, 5.41) is 2.96. The van der Waals surface area contributed by atoms with E-state index in [1.807, 2.05) is 30.3 Å². The quantitative estimate of drug-likeness (QED) is 0.486. The summed E-state index contributed by atoms with van der Waals surface area (Å²) in [6, 6.07) is 20.3. The maximum atomic E-state index is 13.1. The Labute approximate surface area is 194 Å². The second-order valence-electron chi connectivity index (χ2n) is 7.12. The Morgan fingerprint density at radius 2 is 1.53 bits per heavy atom. The van der Waals surface area contributed by atoms with Crippen LogP contribution in [-0.2, 0) is 10.0 Å². The minimum Gasteiger partial charge on any atom is -0.372 e. The van der Waals surface area contributed by atoms with Gasteiger partial charge in [-0.15, -0.1) is 0 Å². The van der Waals surface area contributed by atoms with E-state index in [4.69, 9.17) is 11.6 Å². The van der Waals surface area contributed by atoms with Crippen LogP contribution in [0.15, 0.2) is 77.7 Å². The van der Waals surface area contributed by atoms with Gasteiger partial charge in [0.2, 0.25) is 0 Å². The predicted octanol–water partition coefficient (Wildman–Crippen LogP) is 5.26. The molecule has 3 aromatic rings. The van der Waals surface area contributed by atoms with Crippen LogP contribution in [0.1, 0.15) is 24.2 Å². The SMILES string of the molecule is CCN(CC)c1ccc(NC(=O)c2cc(S(=O)(=O)N(C)c3ccccc3)ccc2Cl)cc1. The van der Waals surface area contributed by atoms with Crippen molar-refractivity contribution in [3.63, 3.8) is 0 Å². The van der Waals surface area contributed by atoms with Crippen molar-refractivity contribution < 1.29 is 13.2 Å². The summed E-state index contributed by atoms with van der Waals surface area (Å²) in [4.78, 5) is 15.0. The molecular weight excluding hydrogens is 446 g/mol. The zero-order chi connectivity index (χ0) is 23.3. The Morgan fingerprint density at radius 3 is 2.12 bits per heavy atom. The Bertz CT molecular complexity index is 1180. The highest BCUT2D eigenvalue weighted by molar-refractivity contribution is 7.92. The van der Waals surface area contributed by atoms with Gasteiger partial charge in [-0.05, 0) is 68.4 Å². The van der Waals surface area contributed by atoms with Crippen molar-refractivity contribution in [2.45, 2.75) is 18.7 Å². The van der Waals surface area contributed by atoms with Crippen LogP contribution < -0.4 is 14.5 Å². The third-order valence-electron chi connectivity index (χ3n) is 5.21. The molecule has 0 unspecified atom stereocenters. The molecular formula is C24H26ClN3O3S. The summed E-state index contributed by atoms with van der Waals surface area (Å²) in [5.74, 6) is -0.481. The van der Waals surface area contributed by atoms with Gasteiger partial charge in [0.05, 0.1) is 21.2 Å². The van der Waals surface area contributed by atoms with Crippen LogP contribution in [0.25, 0.3) is 0 Å². The third kappa shape index (κ3) is 5.06. The van der Waals surface area contributed by atoms with Crippen LogP contribution in [0.4, 0.5) is 17.1 Å². The fourth-order valence-electron chi connectivity index (χ4n) is 3.32. The highest BCUT2D eigenvalue weighted by Gasteiger charge is 2.23. The molecule has 0 bridgehead atoms. The molecule has 8 heteroatoms. The highest BCUT2D eigenvalue weighted by Crippen LogP contribution is 2.26. The van der Waals surface area contributed by atoms with Crippen LogP contribution in [0.5, 0.6) is 0 Å². The van der Waals surface area contributed by atoms with Crippen LogP contribution in [0, 0.1) is 0 Å². The van der Waals surface area contributed by atoms with E-state index in [0.717, 1.165) is 18.8 Å². The lowest BCUT2D eigenvalue weighted by atomic mass is 10.2. The summed E-state index contributed by atoms with van der Waals surface area (Å²) in [6.45, 7) is 5.93. The second kappa shape index (κ2) is 10.1. The monoisotopic (exact) mass is 471 g/mol. The average molecular weight is 472 g/mol. The summed E-state index contributed by atoms with van der Waals surface area (Å²) in [7, 11) is -2.40. The van der Waals surface area contributed by atoms with Gasteiger partial charge in [0.15, 0.2) is 0 Å². The maximum Gasteiger partial charge on any atom is 0.264 e. The van der Waals surface area contributed by atoms with Crippen LogP contribution >= 0.6 is 11.6 Å². The Kier molecular flexibility index (Phi) is 7.43. The standard InChI is InChI=1S/C24H26ClN3O3S/c1-4-28(5-2)20-13-11-18(12-14-20)26-24(29)22-17-21(15-16-23(22)25)32(30,31)27(3)19-9-7-6-8-10-19/h6-17H,4-5H2,1-3H3,(H,26,29). The largest absolute Gasteiger partial charge is 0.372 e. The number of anilines is 3. The topological polar surface area (TPSA) is 69.7 Å². The fraction of sp³-hybridized carbons (Fsp3) is 0.208. The number of amides is 1. The van der Waals surface area contributed by atoms with Gasteiger partial charge in [-0.1, -0.05) is 29.8 Å². The number of nitrogens with one attached hydrogen (secondary N) is 1. The van der Waals surface area contributed by atoms with E-state index in [1.54, 1.807) is 24.3 Å². The third-order valence-corrected chi connectivity index (χ3v) is 7.33. The van der Waals surface area contributed by atoms with Gasteiger partial charge in [-0.2, -0.15) is 0 Å². The van der Waals surface area contributed by atoms with Gasteiger partial charge in [-0.3, -0.25) is 9.10 Å². The molecule has 0 aromatic heterocycles. The van der Waals surface area contributed by atoms with Gasteiger partial charge in [-0.25, -0.2) is 8.42 Å². The van der Waals surface area contributed by atoms with Gasteiger partial charge < -0.3 is 10.2 Å². The number of nitrogens with zero attached hydrogens (tertiary/aromatic N) is 2. The molecule has 3 rings (SSSR count). The first kappa shape index (κ1) is 23.6. The predicted molar refractivity (Wildman–Crippen MR) is 131 cm³/mol. The zero-order valence-electron chi connectivity index (χ0n) is 18.2. The molecule has 0 spiro atoms. The molecule has 6 nitrogen and oxygen atoms in total. The van der Waals surface area contributed by atoms with Gasteiger partial charge >= 0.3 is 0 Å². The molecule has 0 aliphatic rings. The molecule has 0 aliphatic heterocycles. The van der Waals surface area contributed by atoms with E-state index in [0.29, 0.717) is 11.4 Å². The van der Waals surface area contributed by atoms with Gasteiger partial charge in [0.1, 0.15) is 0 Å². The molecule has 0 saturated carbocycles. The van der Waals surface area contributed by atoms with E-state index in [2.05, 4.69) is 24.1 Å². The van der Waals surface area contributed by atoms with E-state index < -0.39 is 15.9 Å². The lowest BCUT2D eigenvalue weighted by molar-refractivity contribution is 0.102. The molecule has 0 aliphatic carbocycles. The van der Waals surface area contributed by atoms with Crippen molar-refractivity contribution in [3.8, 4) is 0 Å². The number of carbonyl (C=O) groups excluding carboxylic acids is 1. The molecule has 0 fully saturated rings. The molecule has 0 atom stereocenters. The number of halogens is 1. The number of para-hydroxylation sites is 1. The van der Waals surface area contributed by atoms with Crippen molar-refractivity contribution in [1.82, 2.24) is 0 Å². The minimum absolute atomic E-state index is 0.0183. The van der Waals surface area contributed by atoms with Crippen molar-refractivity contribution in [3.05, 3.63) is 83.4 Å². The van der Waals surface area contributed by atoms with Crippen molar-refractivity contribution in [2.24, 2.45) is 0 Å². The molecule has 3 aromatic carbocycles. The molecule has 0 heterocycles. The Morgan fingerprint density at radius 1 is 0.906 bits per heavy atom. The summed E-state index contributed by atoms with van der Waals surface area (Å²) in [6.07, 6.45) is 0. The minimum atomic E-state index is -3.87. The first-order chi connectivity index (χ1) is 15.3.